The highest BCUT2D eigenvalue weighted by atomic mass is 16.4. The first kappa shape index (κ1) is 14.9. The number of nitrogens with zero attached hydrogens (tertiary/aromatic N) is 3. The van der Waals surface area contributed by atoms with Gasteiger partial charge in [0, 0.05) is 5.39 Å². The Hall–Kier alpha value is -2.67. The molecule has 7 heteroatoms. The number of amides is 1. The summed E-state index contributed by atoms with van der Waals surface area (Å²) in [6.45, 7) is 3.56. The maximum Gasteiger partial charge on any atom is 0.347 e. The summed E-state index contributed by atoms with van der Waals surface area (Å²) >= 11 is 0. The first-order valence-electron chi connectivity index (χ1n) is 8.10. The molecule has 0 aliphatic carbocycles. The van der Waals surface area contributed by atoms with Crippen molar-refractivity contribution in [3.63, 3.8) is 0 Å². The second-order valence-electron chi connectivity index (χ2n) is 6.29. The van der Waals surface area contributed by atoms with Crippen LogP contribution in [0.1, 0.15) is 0 Å². The standard InChI is InChI=1S/C17H18N4O3/c1-19-6-8-20(9-7-19)15(22)11-21-16-12-4-2-3-5-14(12)24-17(23)13(16)10-18-21/h2-5,10H,6-9,11H2,1H3/p+1. The topological polar surface area (TPSA) is 72.8 Å². The normalized spacial score (nSPS) is 16.1. The molecule has 7 nitrogen and oxygen atoms in total. The number of carbonyl (C=O) groups is 1. The minimum atomic E-state index is -0.425. The second-order valence-corrected chi connectivity index (χ2v) is 6.29. The van der Waals surface area contributed by atoms with Crippen LogP contribution in [0.4, 0.5) is 0 Å². The SMILES string of the molecule is C[NH+]1CCN(C(=O)Cn2ncc3c(=O)oc4ccccc4c32)CC1. The Kier molecular flexibility index (Phi) is 3.57. The van der Waals surface area contributed by atoms with Crippen LogP contribution in [0, 0.1) is 0 Å². The summed E-state index contributed by atoms with van der Waals surface area (Å²) in [5.74, 6) is 0.0322. The molecule has 0 radical (unpaired) electrons. The molecule has 124 valence electrons. The number of nitrogens with one attached hydrogen (secondary N) is 1. The molecule has 0 saturated carbocycles. The first-order chi connectivity index (χ1) is 11.6. The molecule has 1 aromatic carbocycles. The molecular formula is C17H19N4O3+. The lowest BCUT2D eigenvalue weighted by molar-refractivity contribution is -0.883. The van der Waals surface area contributed by atoms with Crippen LogP contribution in [0.25, 0.3) is 21.9 Å². The third-order valence-corrected chi connectivity index (χ3v) is 4.66. The highest BCUT2D eigenvalue weighted by molar-refractivity contribution is 6.02. The lowest BCUT2D eigenvalue weighted by atomic mass is 10.2. The Balaban J connectivity index is 1.72. The molecule has 0 spiro atoms. The molecule has 1 amide bonds. The highest BCUT2D eigenvalue weighted by Gasteiger charge is 2.23. The zero-order valence-corrected chi connectivity index (χ0v) is 13.5. The third-order valence-electron chi connectivity index (χ3n) is 4.66. The fourth-order valence-corrected chi connectivity index (χ4v) is 3.21. The monoisotopic (exact) mass is 327 g/mol. The summed E-state index contributed by atoms with van der Waals surface area (Å²) < 4.78 is 6.93. The van der Waals surface area contributed by atoms with Crippen molar-refractivity contribution in [2.24, 2.45) is 0 Å². The van der Waals surface area contributed by atoms with E-state index in [2.05, 4.69) is 12.1 Å². The molecule has 0 atom stereocenters. The minimum absolute atomic E-state index is 0.0322. The molecule has 1 N–H and O–H groups in total. The summed E-state index contributed by atoms with van der Waals surface area (Å²) in [4.78, 5) is 28.0. The predicted octanol–water partition coefficient (Wildman–Crippen LogP) is -0.500. The maximum absolute atomic E-state index is 12.6. The number of hydrogen-bond donors (Lipinski definition) is 1. The zero-order valence-electron chi connectivity index (χ0n) is 13.5. The molecule has 24 heavy (non-hydrogen) atoms. The smallest absolute Gasteiger partial charge is 0.347 e. The van der Waals surface area contributed by atoms with E-state index in [-0.39, 0.29) is 12.5 Å². The van der Waals surface area contributed by atoms with Gasteiger partial charge < -0.3 is 14.2 Å². The lowest BCUT2D eigenvalue weighted by Crippen LogP contribution is -3.12. The molecule has 0 bridgehead atoms. The molecule has 0 unspecified atom stereocenters. The number of para-hydroxylation sites is 1. The molecule has 3 heterocycles. The molecular weight excluding hydrogens is 308 g/mol. The Labute approximate surface area is 138 Å². The Morgan fingerprint density at radius 3 is 2.79 bits per heavy atom. The third kappa shape index (κ3) is 2.46. The number of carbonyl (C=O) groups excluding carboxylic acids is 1. The van der Waals surface area contributed by atoms with Crippen LogP contribution < -0.4 is 10.5 Å². The lowest BCUT2D eigenvalue weighted by Gasteiger charge is -2.30. The van der Waals surface area contributed by atoms with Crippen molar-refractivity contribution in [2.75, 3.05) is 33.2 Å². The summed E-state index contributed by atoms with van der Waals surface area (Å²) in [7, 11) is 2.13. The van der Waals surface area contributed by atoms with Crippen LogP contribution in [0.5, 0.6) is 0 Å². The first-order valence-corrected chi connectivity index (χ1v) is 8.10. The zero-order chi connectivity index (χ0) is 16.7. The van der Waals surface area contributed by atoms with E-state index in [1.165, 1.54) is 11.1 Å². The van der Waals surface area contributed by atoms with Crippen molar-refractivity contribution >= 4 is 27.8 Å². The van der Waals surface area contributed by atoms with Gasteiger partial charge in [-0.15, -0.1) is 0 Å². The van der Waals surface area contributed by atoms with Crippen molar-refractivity contribution in [1.29, 1.82) is 0 Å². The summed E-state index contributed by atoms with van der Waals surface area (Å²) in [6, 6.07) is 7.32. The summed E-state index contributed by atoms with van der Waals surface area (Å²) in [5, 5.41) is 5.46. The van der Waals surface area contributed by atoms with Crippen molar-refractivity contribution in [3.05, 3.63) is 40.9 Å². The number of quaternary nitrogens is 1. The number of likely N-dealkylation sites (N-methyl/N-ethyl adjacent to an activating group) is 1. The van der Waals surface area contributed by atoms with Gasteiger partial charge in [-0.2, -0.15) is 5.10 Å². The molecule has 1 saturated heterocycles. The second kappa shape index (κ2) is 5.76. The van der Waals surface area contributed by atoms with Gasteiger partial charge in [-0.25, -0.2) is 4.79 Å². The molecule has 3 aromatic rings. The number of benzene rings is 1. The van der Waals surface area contributed by atoms with Crippen molar-refractivity contribution in [2.45, 2.75) is 6.54 Å². The molecule has 1 fully saturated rings. The van der Waals surface area contributed by atoms with E-state index in [1.807, 2.05) is 23.1 Å². The Morgan fingerprint density at radius 1 is 1.25 bits per heavy atom. The largest absolute Gasteiger partial charge is 0.422 e. The minimum Gasteiger partial charge on any atom is -0.422 e. The van der Waals surface area contributed by atoms with Crippen LogP contribution in [0.15, 0.2) is 39.7 Å². The maximum atomic E-state index is 12.6. The van der Waals surface area contributed by atoms with Crippen LogP contribution in [-0.2, 0) is 11.3 Å². The summed E-state index contributed by atoms with van der Waals surface area (Å²) in [6.07, 6.45) is 1.48. The van der Waals surface area contributed by atoms with Gasteiger partial charge in [0.25, 0.3) is 0 Å². The van der Waals surface area contributed by atoms with E-state index in [0.717, 1.165) is 31.6 Å². The fourth-order valence-electron chi connectivity index (χ4n) is 3.21. The fraction of sp³-hybridized carbons (Fsp3) is 0.353. The van der Waals surface area contributed by atoms with Gasteiger partial charge in [0.15, 0.2) is 0 Å². The van der Waals surface area contributed by atoms with Crippen LogP contribution >= 0.6 is 0 Å². The van der Waals surface area contributed by atoms with Gasteiger partial charge in [0.05, 0.1) is 44.9 Å². The van der Waals surface area contributed by atoms with E-state index in [1.54, 1.807) is 10.7 Å². The van der Waals surface area contributed by atoms with E-state index < -0.39 is 5.63 Å². The quantitative estimate of drug-likeness (QED) is 0.644. The van der Waals surface area contributed by atoms with E-state index in [9.17, 15) is 9.59 Å². The van der Waals surface area contributed by atoms with Gasteiger partial charge in [0.1, 0.15) is 17.5 Å². The Morgan fingerprint density at radius 2 is 2.00 bits per heavy atom. The van der Waals surface area contributed by atoms with Crippen molar-refractivity contribution in [3.8, 4) is 0 Å². The average molecular weight is 327 g/mol. The summed E-state index contributed by atoms with van der Waals surface area (Å²) in [5.41, 5.74) is 0.743. The number of fused-ring (bicyclic) bond motifs is 3. The predicted molar refractivity (Wildman–Crippen MR) is 89.0 cm³/mol. The van der Waals surface area contributed by atoms with Crippen LogP contribution in [0.3, 0.4) is 0 Å². The van der Waals surface area contributed by atoms with Gasteiger partial charge >= 0.3 is 5.63 Å². The average Bonchev–Trinajstić information content (AvgIpc) is 3.00. The molecule has 2 aromatic heterocycles. The molecule has 4 rings (SSSR count). The van der Waals surface area contributed by atoms with E-state index >= 15 is 0 Å². The van der Waals surface area contributed by atoms with Crippen LogP contribution in [0.2, 0.25) is 0 Å². The number of aromatic nitrogens is 2. The highest BCUT2D eigenvalue weighted by Crippen LogP contribution is 2.22. The number of hydrogen-bond acceptors (Lipinski definition) is 4. The molecule has 1 aliphatic rings. The molecule has 1 aliphatic heterocycles. The van der Waals surface area contributed by atoms with Gasteiger partial charge in [-0.05, 0) is 12.1 Å². The number of piperazine rings is 1. The van der Waals surface area contributed by atoms with Gasteiger partial charge in [0.2, 0.25) is 5.91 Å². The Bertz CT molecular complexity index is 967. The van der Waals surface area contributed by atoms with Gasteiger partial charge in [-0.1, -0.05) is 12.1 Å². The van der Waals surface area contributed by atoms with Crippen LogP contribution in [-0.4, -0.2) is 53.8 Å². The van der Waals surface area contributed by atoms with Crippen molar-refractivity contribution in [1.82, 2.24) is 14.7 Å². The number of rotatable bonds is 2. The van der Waals surface area contributed by atoms with Crippen molar-refractivity contribution < 1.29 is 14.1 Å². The van der Waals surface area contributed by atoms with E-state index in [0.29, 0.717) is 16.5 Å². The van der Waals surface area contributed by atoms with Gasteiger partial charge in [-0.3, -0.25) is 9.48 Å². The van der Waals surface area contributed by atoms with E-state index in [4.69, 9.17) is 4.42 Å².